The first-order chi connectivity index (χ1) is 9.22. The predicted molar refractivity (Wildman–Crippen MR) is 78.2 cm³/mol. The lowest BCUT2D eigenvalue weighted by atomic mass is 9.75. The van der Waals surface area contributed by atoms with Crippen LogP contribution in [-0.4, -0.2) is 16.1 Å². The molecule has 1 aliphatic heterocycles. The Bertz CT molecular complexity index is 441. The van der Waals surface area contributed by atoms with Gasteiger partial charge in [-0.3, -0.25) is 0 Å². The van der Waals surface area contributed by atoms with E-state index in [1.807, 2.05) is 0 Å². The van der Waals surface area contributed by atoms with Crippen LogP contribution in [0.15, 0.2) is 0 Å². The molecule has 3 rings (SSSR count). The second-order valence-electron chi connectivity index (χ2n) is 6.66. The highest BCUT2D eigenvalue weighted by Crippen LogP contribution is 2.38. The third kappa shape index (κ3) is 2.58. The van der Waals surface area contributed by atoms with E-state index in [2.05, 4.69) is 23.7 Å². The molecule has 1 saturated carbocycles. The van der Waals surface area contributed by atoms with Gasteiger partial charge < -0.3 is 9.88 Å². The first kappa shape index (κ1) is 13.2. The Morgan fingerprint density at radius 2 is 2.05 bits per heavy atom. The highest BCUT2D eigenvalue weighted by molar-refractivity contribution is 5.20. The summed E-state index contributed by atoms with van der Waals surface area (Å²) in [5.74, 6) is 1.31. The van der Waals surface area contributed by atoms with Gasteiger partial charge in [-0.15, -0.1) is 0 Å². The van der Waals surface area contributed by atoms with Crippen LogP contribution in [0.2, 0.25) is 0 Å². The second-order valence-corrected chi connectivity index (χ2v) is 6.66. The summed E-state index contributed by atoms with van der Waals surface area (Å²) in [6.45, 7) is 7.99. The van der Waals surface area contributed by atoms with E-state index in [9.17, 15) is 0 Å². The molecule has 2 heterocycles. The molecule has 19 heavy (non-hydrogen) atoms. The number of hydrogen-bond acceptors (Lipinski definition) is 2. The predicted octanol–water partition coefficient (Wildman–Crippen LogP) is 3.06. The Morgan fingerprint density at radius 1 is 1.26 bits per heavy atom. The Morgan fingerprint density at radius 3 is 2.79 bits per heavy atom. The normalized spacial score (nSPS) is 22.2. The van der Waals surface area contributed by atoms with Crippen molar-refractivity contribution in [2.45, 2.75) is 71.9 Å². The average molecular weight is 261 g/mol. The number of nitrogens with one attached hydrogen (secondary N) is 1. The number of rotatable bonds is 3. The smallest absolute Gasteiger partial charge is 0.108 e. The van der Waals surface area contributed by atoms with Crippen molar-refractivity contribution in [3.05, 3.63) is 17.2 Å². The van der Waals surface area contributed by atoms with Crippen LogP contribution in [0.3, 0.4) is 0 Å². The fraction of sp³-hybridized carbons (Fsp3) is 0.812. The molecular formula is C16H27N3. The number of nitrogens with zero attached hydrogens (tertiary/aromatic N) is 2. The van der Waals surface area contributed by atoms with Crippen molar-refractivity contribution >= 4 is 0 Å². The minimum Gasteiger partial charge on any atom is -0.331 e. The molecule has 1 aromatic heterocycles. The molecule has 0 amide bonds. The molecule has 3 heteroatoms. The van der Waals surface area contributed by atoms with Crippen LogP contribution in [0.25, 0.3) is 0 Å². The number of aryl methyl sites for hydroxylation is 1. The Kier molecular flexibility index (Phi) is 3.66. The number of aromatic nitrogens is 2. The third-order valence-electron chi connectivity index (χ3n) is 4.98. The molecule has 3 nitrogen and oxygen atoms in total. The molecule has 0 saturated heterocycles. The minimum absolute atomic E-state index is 0.502. The van der Waals surface area contributed by atoms with Gasteiger partial charge in [0.05, 0.1) is 5.69 Å². The van der Waals surface area contributed by atoms with Gasteiger partial charge in [0.1, 0.15) is 5.82 Å². The second kappa shape index (κ2) is 5.28. The van der Waals surface area contributed by atoms with Crippen molar-refractivity contribution in [2.75, 3.05) is 6.54 Å². The van der Waals surface area contributed by atoms with E-state index in [0.29, 0.717) is 5.41 Å². The number of fused-ring (bicyclic) bond motifs is 1. The molecule has 1 N–H and O–H groups in total. The number of imidazole rings is 1. The van der Waals surface area contributed by atoms with Crippen LogP contribution in [0.1, 0.15) is 63.2 Å². The van der Waals surface area contributed by atoms with E-state index < -0.39 is 0 Å². The van der Waals surface area contributed by atoms with Crippen LogP contribution >= 0.6 is 0 Å². The van der Waals surface area contributed by atoms with Crippen molar-refractivity contribution in [3.8, 4) is 0 Å². The van der Waals surface area contributed by atoms with Gasteiger partial charge in [-0.2, -0.15) is 0 Å². The first-order valence-electron chi connectivity index (χ1n) is 8.00. The maximum absolute atomic E-state index is 4.87. The monoisotopic (exact) mass is 261 g/mol. The van der Waals surface area contributed by atoms with Crippen molar-refractivity contribution in [1.82, 2.24) is 14.9 Å². The molecule has 0 spiro atoms. The van der Waals surface area contributed by atoms with Gasteiger partial charge in [-0.25, -0.2) is 4.98 Å². The summed E-state index contributed by atoms with van der Waals surface area (Å²) >= 11 is 0. The van der Waals surface area contributed by atoms with Gasteiger partial charge in [0.15, 0.2) is 0 Å². The summed E-state index contributed by atoms with van der Waals surface area (Å²) in [5.41, 5.74) is 3.33. The van der Waals surface area contributed by atoms with Crippen molar-refractivity contribution in [2.24, 2.45) is 5.41 Å². The molecule has 2 aliphatic rings. The van der Waals surface area contributed by atoms with Gasteiger partial charge in [0.2, 0.25) is 0 Å². The van der Waals surface area contributed by atoms with E-state index >= 15 is 0 Å². The third-order valence-corrected chi connectivity index (χ3v) is 4.98. The van der Waals surface area contributed by atoms with Crippen molar-refractivity contribution < 1.29 is 0 Å². The zero-order valence-electron chi connectivity index (χ0n) is 12.5. The quantitative estimate of drug-likeness (QED) is 0.906. The van der Waals surface area contributed by atoms with Gasteiger partial charge in [-0.05, 0) is 18.3 Å². The first-order valence-corrected chi connectivity index (χ1v) is 8.00. The SMILES string of the molecule is CCc1nc2c(n1CC1(C)CCCCC1)CCNC2. The van der Waals surface area contributed by atoms with E-state index in [1.54, 1.807) is 0 Å². The lowest BCUT2D eigenvalue weighted by Crippen LogP contribution is -2.30. The Hall–Kier alpha value is -0.830. The maximum Gasteiger partial charge on any atom is 0.108 e. The fourth-order valence-corrected chi connectivity index (χ4v) is 3.83. The summed E-state index contributed by atoms with van der Waals surface area (Å²) < 4.78 is 2.57. The molecule has 106 valence electrons. The average Bonchev–Trinajstić information content (AvgIpc) is 2.77. The lowest BCUT2D eigenvalue weighted by Gasteiger charge is -2.35. The van der Waals surface area contributed by atoms with E-state index in [0.717, 1.165) is 25.9 Å². The van der Waals surface area contributed by atoms with Crippen LogP contribution < -0.4 is 5.32 Å². The summed E-state index contributed by atoms with van der Waals surface area (Å²) in [5, 5.41) is 3.44. The molecule has 1 aliphatic carbocycles. The minimum atomic E-state index is 0.502. The zero-order chi connectivity index (χ0) is 13.3. The van der Waals surface area contributed by atoms with E-state index in [1.165, 1.54) is 55.9 Å². The molecule has 1 fully saturated rings. The molecule has 0 bridgehead atoms. The number of hydrogen-bond donors (Lipinski definition) is 1. The molecule has 0 aromatic carbocycles. The van der Waals surface area contributed by atoms with E-state index in [-0.39, 0.29) is 0 Å². The molecule has 0 atom stereocenters. The van der Waals surface area contributed by atoms with Gasteiger partial charge in [0, 0.05) is 38.2 Å². The van der Waals surface area contributed by atoms with Crippen LogP contribution in [-0.2, 0) is 25.9 Å². The van der Waals surface area contributed by atoms with Gasteiger partial charge >= 0.3 is 0 Å². The fourth-order valence-electron chi connectivity index (χ4n) is 3.83. The maximum atomic E-state index is 4.87. The van der Waals surface area contributed by atoms with Crippen molar-refractivity contribution in [3.63, 3.8) is 0 Å². The lowest BCUT2D eigenvalue weighted by molar-refractivity contribution is 0.179. The van der Waals surface area contributed by atoms with Crippen LogP contribution in [0, 0.1) is 5.41 Å². The summed E-state index contributed by atoms with van der Waals surface area (Å²) in [6.07, 6.45) is 9.25. The highest BCUT2D eigenvalue weighted by atomic mass is 15.1. The standard InChI is InChI=1S/C16H27N3/c1-3-15-18-13-11-17-10-7-14(13)19(15)12-16(2)8-5-4-6-9-16/h17H,3-12H2,1-2H3. The van der Waals surface area contributed by atoms with Crippen LogP contribution in [0.4, 0.5) is 0 Å². The summed E-state index contributed by atoms with van der Waals surface area (Å²) in [6, 6.07) is 0. The Labute approximate surface area is 116 Å². The van der Waals surface area contributed by atoms with Gasteiger partial charge in [0.25, 0.3) is 0 Å². The largest absolute Gasteiger partial charge is 0.331 e. The molecule has 0 unspecified atom stereocenters. The summed E-state index contributed by atoms with van der Waals surface area (Å²) in [7, 11) is 0. The van der Waals surface area contributed by atoms with Crippen molar-refractivity contribution in [1.29, 1.82) is 0 Å². The Balaban J connectivity index is 1.88. The van der Waals surface area contributed by atoms with E-state index in [4.69, 9.17) is 4.98 Å². The molecule has 1 aromatic rings. The van der Waals surface area contributed by atoms with Gasteiger partial charge in [-0.1, -0.05) is 33.1 Å². The highest BCUT2D eigenvalue weighted by Gasteiger charge is 2.30. The van der Waals surface area contributed by atoms with Crippen LogP contribution in [0.5, 0.6) is 0 Å². The molecule has 0 radical (unpaired) electrons. The zero-order valence-corrected chi connectivity index (χ0v) is 12.5. The molecular weight excluding hydrogens is 234 g/mol. The topological polar surface area (TPSA) is 29.9 Å². The summed E-state index contributed by atoms with van der Waals surface area (Å²) in [4.78, 5) is 4.87.